The normalized spacial score (nSPS) is 42.6. The van der Waals surface area contributed by atoms with Gasteiger partial charge in [-0.15, -0.1) is 6.42 Å². The fourth-order valence-electron chi connectivity index (χ4n) is 1.38. The van der Waals surface area contributed by atoms with E-state index >= 15 is 0 Å². The van der Waals surface area contributed by atoms with Gasteiger partial charge in [0.15, 0.2) is 0 Å². The molecule has 0 saturated heterocycles. The molecule has 0 aromatic rings. The molecule has 1 aliphatic rings. The maximum absolute atomic E-state index is 9.53. The van der Waals surface area contributed by atoms with Gasteiger partial charge < -0.3 is 5.11 Å². The van der Waals surface area contributed by atoms with Crippen LogP contribution in [0.2, 0.25) is 0 Å². The number of aliphatic hydroxyl groups is 1. The molecule has 2 atom stereocenters. The minimum Gasteiger partial charge on any atom is -0.377 e. The van der Waals surface area contributed by atoms with Crippen LogP contribution in [0.15, 0.2) is 0 Å². The number of hydrogen-bond acceptors (Lipinski definition) is 1. The van der Waals surface area contributed by atoms with Crippen LogP contribution in [0.25, 0.3) is 0 Å². The van der Waals surface area contributed by atoms with Gasteiger partial charge in [-0.1, -0.05) is 12.8 Å². The molecule has 0 aromatic carbocycles. The highest BCUT2D eigenvalue weighted by atomic mass is 16.3. The van der Waals surface area contributed by atoms with Crippen molar-refractivity contribution in [3.63, 3.8) is 0 Å². The first-order chi connectivity index (χ1) is 4.19. The molecule has 1 nitrogen and oxygen atoms in total. The van der Waals surface area contributed by atoms with Crippen molar-refractivity contribution < 1.29 is 5.11 Å². The van der Waals surface area contributed by atoms with Crippen LogP contribution >= 0.6 is 0 Å². The molecular weight excluding hydrogens is 112 g/mol. The van der Waals surface area contributed by atoms with Crippen LogP contribution in [0.4, 0.5) is 0 Å². The van der Waals surface area contributed by atoms with Crippen LogP contribution in [0.5, 0.6) is 0 Å². The van der Waals surface area contributed by atoms with Crippen LogP contribution in [-0.4, -0.2) is 10.7 Å². The highest BCUT2D eigenvalue weighted by molar-refractivity contribution is 5.12. The summed E-state index contributed by atoms with van der Waals surface area (Å²) >= 11 is 0. The molecule has 1 fully saturated rings. The molecule has 1 rings (SSSR count). The summed E-state index contributed by atoms with van der Waals surface area (Å²) in [4.78, 5) is 0. The van der Waals surface area contributed by atoms with Gasteiger partial charge >= 0.3 is 0 Å². The van der Waals surface area contributed by atoms with Gasteiger partial charge in [0.2, 0.25) is 0 Å². The lowest BCUT2D eigenvalue weighted by atomic mass is 9.94. The summed E-state index contributed by atoms with van der Waals surface area (Å²) in [7, 11) is 0. The zero-order valence-electron chi connectivity index (χ0n) is 5.72. The second kappa shape index (κ2) is 2.04. The summed E-state index contributed by atoms with van der Waals surface area (Å²) in [5.41, 5.74) is -0.778. The van der Waals surface area contributed by atoms with Gasteiger partial charge in [0.1, 0.15) is 5.60 Å². The molecule has 0 aromatic heterocycles. The van der Waals surface area contributed by atoms with E-state index in [1.165, 1.54) is 0 Å². The molecule has 0 amide bonds. The SMILES string of the molecule is C#CC1(O)CCCC1C. The fraction of sp³-hybridized carbons (Fsp3) is 0.750. The summed E-state index contributed by atoms with van der Waals surface area (Å²) in [6.07, 6.45) is 8.08. The van der Waals surface area contributed by atoms with Crippen molar-refractivity contribution in [2.45, 2.75) is 31.8 Å². The van der Waals surface area contributed by atoms with E-state index in [1.54, 1.807) is 0 Å². The summed E-state index contributed by atoms with van der Waals surface area (Å²) in [6.45, 7) is 2.01. The number of hydrogen-bond donors (Lipinski definition) is 1. The Kier molecular flexibility index (Phi) is 1.50. The van der Waals surface area contributed by atoms with Crippen molar-refractivity contribution in [2.75, 3.05) is 0 Å². The minimum atomic E-state index is -0.778. The molecule has 0 bridgehead atoms. The molecule has 0 spiro atoms. The van der Waals surface area contributed by atoms with E-state index in [-0.39, 0.29) is 0 Å². The first-order valence-electron chi connectivity index (χ1n) is 3.39. The number of terminal acetylenes is 1. The molecule has 1 aliphatic carbocycles. The first kappa shape index (κ1) is 6.64. The Hall–Kier alpha value is -0.480. The zero-order valence-corrected chi connectivity index (χ0v) is 5.72. The maximum Gasteiger partial charge on any atom is 0.127 e. The Morgan fingerprint density at radius 3 is 2.67 bits per heavy atom. The molecule has 1 heteroatoms. The van der Waals surface area contributed by atoms with Gasteiger partial charge in [-0.25, -0.2) is 0 Å². The minimum absolute atomic E-state index is 0.294. The Morgan fingerprint density at radius 1 is 1.78 bits per heavy atom. The lowest BCUT2D eigenvalue weighted by Gasteiger charge is -2.19. The Labute approximate surface area is 56.1 Å². The Bertz CT molecular complexity index is 145. The van der Waals surface area contributed by atoms with Gasteiger partial charge in [-0.3, -0.25) is 0 Å². The third kappa shape index (κ3) is 0.951. The molecule has 1 saturated carbocycles. The summed E-state index contributed by atoms with van der Waals surface area (Å²) < 4.78 is 0. The number of rotatable bonds is 0. The van der Waals surface area contributed by atoms with E-state index in [9.17, 15) is 5.11 Å². The van der Waals surface area contributed by atoms with Gasteiger partial charge in [-0.2, -0.15) is 0 Å². The second-order valence-electron chi connectivity index (χ2n) is 2.86. The summed E-state index contributed by atoms with van der Waals surface area (Å²) in [5, 5.41) is 9.53. The van der Waals surface area contributed by atoms with Crippen molar-refractivity contribution >= 4 is 0 Å². The quantitative estimate of drug-likeness (QED) is 0.481. The van der Waals surface area contributed by atoms with E-state index < -0.39 is 5.60 Å². The van der Waals surface area contributed by atoms with Crippen LogP contribution in [0.1, 0.15) is 26.2 Å². The van der Waals surface area contributed by atoms with Gasteiger partial charge in [0, 0.05) is 0 Å². The molecule has 0 aliphatic heterocycles. The molecular formula is C8H12O. The average Bonchev–Trinajstić information content (AvgIpc) is 2.15. The van der Waals surface area contributed by atoms with Crippen LogP contribution < -0.4 is 0 Å². The fourth-order valence-corrected chi connectivity index (χ4v) is 1.38. The van der Waals surface area contributed by atoms with E-state index in [4.69, 9.17) is 6.42 Å². The molecule has 0 heterocycles. The lowest BCUT2D eigenvalue weighted by Crippen LogP contribution is -2.28. The molecule has 0 radical (unpaired) electrons. The maximum atomic E-state index is 9.53. The first-order valence-corrected chi connectivity index (χ1v) is 3.39. The summed E-state index contributed by atoms with van der Waals surface area (Å²) in [5.74, 6) is 2.74. The summed E-state index contributed by atoms with van der Waals surface area (Å²) in [6, 6.07) is 0. The Balaban J connectivity index is 2.70. The van der Waals surface area contributed by atoms with E-state index in [0.29, 0.717) is 5.92 Å². The van der Waals surface area contributed by atoms with Gasteiger partial charge in [0.25, 0.3) is 0 Å². The lowest BCUT2D eigenvalue weighted by molar-refractivity contribution is 0.0689. The average molecular weight is 124 g/mol. The highest BCUT2D eigenvalue weighted by Crippen LogP contribution is 2.34. The van der Waals surface area contributed by atoms with Crippen molar-refractivity contribution in [3.8, 4) is 12.3 Å². The highest BCUT2D eigenvalue weighted by Gasteiger charge is 2.35. The monoisotopic (exact) mass is 124 g/mol. The van der Waals surface area contributed by atoms with Crippen molar-refractivity contribution in [2.24, 2.45) is 5.92 Å². The molecule has 1 N–H and O–H groups in total. The third-order valence-corrected chi connectivity index (χ3v) is 2.26. The molecule has 9 heavy (non-hydrogen) atoms. The molecule has 2 unspecified atom stereocenters. The largest absolute Gasteiger partial charge is 0.377 e. The second-order valence-corrected chi connectivity index (χ2v) is 2.86. The van der Waals surface area contributed by atoms with E-state index in [2.05, 4.69) is 5.92 Å². The van der Waals surface area contributed by atoms with Crippen LogP contribution in [0, 0.1) is 18.3 Å². The van der Waals surface area contributed by atoms with E-state index in [1.807, 2.05) is 6.92 Å². The van der Waals surface area contributed by atoms with E-state index in [0.717, 1.165) is 19.3 Å². The van der Waals surface area contributed by atoms with Gasteiger partial charge in [0.05, 0.1) is 0 Å². The van der Waals surface area contributed by atoms with Crippen molar-refractivity contribution in [3.05, 3.63) is 0 Å². The Morgan fingerprint density at radius 2 is 2.44 bits per heavy atom. The zero-order chi connectivity index (χ0) is 6.91. The van der Waals surface area contributed by atoms with Crippen molar-refractivity contribution in [1.82, 2.24) is 0 Å². The van der Waals surface area contributed by atoms with Crippen LogP contribution in [-0.2, 0) is 0 Å². The third-order valence-electron chi connectivity index (χ3n) is 2.26. The molecule has 50 valence electrons. The predicted octanol–water partition coefficient (Wildman–Crippen LogP) is 1.17. The predicted molar refractivity (Wildman–Crippen MR) is 36.8 cm³/mol. The topological polar surface area (TPSA) is 20.2 Å². The smallest absolute Gasteiger partial charge is 0.127 e. The van der Waals surface area contributed by atoms with Crippen molar-refractivity contribution in [1.29, 1.82) is 0 Å². The van der Waals surface area contributed by atoms with Crippen LogP contribution in [0.3, 0.4) is 0 Å². The standard InChI is InChI=1S/C8H12O/c1-3-8(9)6-4-5-7(8)2/h1,7,9H,4-6H2,2H3. The van der Waals surface area contributed by atoms with Gasteiger partial charge in [-0.05, 0) is 25.2 Å².